The molecule has 0 aliphatic carbocycles. The Balaban J connectivity index is 1.84. The summed E-state index contributed by atoms with van der Waals surface area (Å²) in [7, 11) is 0. The van der Waals surface area contributed by atoms with Crippen molar-refractivity contribution in [2.45, 2.75) is 39.3 Å². The molecule has 0 spiro atoms. The summed E-state index contributed by atoms with van der Waals surface area (Å²) in [4.78, 5) is 6.97. The second-order valence-corrected chi connectivity index (χ2v) is 5.90. The van der Waals surface area contributed by atoms with E-state index in [1.807, 2.05) is 38.1 Å². The monoisotopic (exact) mass is 316 g/mol. The van der Waals surface area contributed by atoms with Crippen molar-refractivity contribution in [3.05, 3.63) is 35.7 Å². The topological polar surface area (TPSA) is 58.7 Å². The fraction of sp³-hybridized carbons (Fsp3) is 0.500. The van der Waals surface area contributed by atoms with Gasteiger partial charge < -0.3 is 14.3 Å². The van der Waals surface area contributed by atoms with E-state index in [0.717, 1.165) is 48.7 Å². The molecule has 1 fully saturated rings. The minimum atomic E-state index is 0.205. The third-order valence-corrected chi connectivity index (χ3v) is 4.37. The van der Waals surface area contributed by atoms with E-state index in [0.29, 0.717) is 12.5 Å². The Kier molecular flexibility index (Phi) is 4.98. The summed E-state index contributed by atoms with van der Waals surface area (Å²) in [6, 6.07) is 8.04. The molecule has 1 aromatic carbocycles. The van der Waals surface area contributed by atoms with Gasteiger partial charge in [-0.1, -0.05) is 12.1 Å². The Morgan fingerprint density at radius 2 is 2.22 bits per heavy atom. The molecule has 0 saturated carbocycles. The molecule has 3 rings (SSSR count). The van der Waals surface area contributed by atoms with Gasteiger partial charge in [-0.2, -0.15) is 0 Å². The molecule has 1 aromatic heterocycles. The van der Waals surface area contributed by atoms with Crippen LogP contribution in [0, 0.1) is 6.92 Å². The molecule has 5 heteroatoms. The Bertz CT molecular complexity index is 653. The number of hydrogen-bond donors (Lipinski definition) is 1. The average molecular weight is 316 g/mol. The van der Waals surface area contributed by atoms with E-state index in [1.165, 1.54) is 0 Å². The van der Waals surface area contributed by atoms with Gasteiger partial charge in [0, 0.05) is 12.6 Å². The molecule has 1 saturated heterocycles. The standard InChI is InChI=1S/C18H24N2O3/c1-3-22-17-9-5-4-8-15(17)18-19-16(13(2)23-18)11-20-10-6-7-14(20)12-21/h4-5,8-9,14,21H,3,6-7,10-12H2,1-2H3/t14-/m0/s1. The molecule has 0 bridgehead atoms. The number of aromatic nitrogens is 1. The van der Waals surface area contributed by atoms with E-state index in [1.54, 1.807) is 0 Å². The average Bonchev–Trinajstić information content (AvgIpc) is 3.15. The first-order chi connectivity index (χ1) is 11.2. The molecule has 23 heavy (non-hydrogen) atoms. The van der Waals surface area contributed by atoms with Crippen LogP contribution in [-0.2, 0) is 6.54 Å². The lowest BCUT2D eigenvalue weighted by Crippen LogP contribution is -2.31. The van der Waals surface area contributed by atoms with Gasteiger partial charge in [-0.05, 0) is 45.4 Å². The van der Waals surface area contributed by atoms with Gasteiger partial charge >= 0.3 is 0 Å². The maximum Gasteiger partial charge on any atom is 0.230 e. The molecule has 1 N–H and O–H groups in total. The predicted molar refractivity (Wildman–Crippen MR) is 88.4 cm³/mol. The van der Waals surface area contributed by atoms with E-state index < -0.39 is 0 Å². The van der Waals surface area contributed by atoms with Gasteiger partial charge in [-0.3, -0.25) is 4.90 Å². The number of aryl methyl sites for hydroxylation is 1. The third kappa shape index (κ3) is 3.41. The second-order valence-electron chi connectivity index (χ2n) is 5.90. The number of hydrogen-bond acceptors (Lipinski definition) is 5. The van der Waals surface area contributed by atoms with Crippen molar-refractivity contribution < 1.29 is 14.3 Å². The first-order valence-corrected chi connectivity index (χ1v) is 8.26. The summed E-state index contributed by atoms with van der Waals surface area (Å²) in [5.41, 5.74) is 1.82. The molecular weight excluding hydrogens is 292 g/mol. The number of ether oxygens (including phenoxy) is 1. The van der Waals surface area contributed by atoms with Gasteiger partial charge in [0.1, 0.15) is 11.5 Å². The van der Waals surface area contributed by atoms with Crippen LogP contribution < -0.4 is 4.74 Å². The molecular formula is C18H24N2O3. The maximum atomic E-state index is 9.46. The number of aliphatic hydroxyl groups excluding tert-OH is 1. The lowest BCUT2D eigenvalue weighted by atomic mass is 10.2. The summed E-state index contributed by atoms with van der Waals surface area (Å²) < 4.78 is 11.6. The number of oxazole rings is 1. The second kappa shape index (κ2) is 7.15. The smallest absolute Gasteiger partial charge is 0.230 e. The van der Waals surface area contributed by atoms with Crippen LogP contribution in [0.3, 0.4) is 0 Å². The first-order valence-electron chi connectivity index (χ1n) is 8.26. The van der Waals surface area contributed by atoms with Gasteiger partial charge in [-0.15, -0.1) is 0 Å². The summed E-state index contributed by atoms with van der Waals surface area (Å²) in [5.74, 6) is 2.22. The van der Waals surface area contributed by atoms with Crippen molar-refractivity contribution in [1.29, 1.82) is 0 Å². The van der Waals surface area contributed by atoms with Crippen molar-refractivity contribution in [1.82, 2.24) is 9.88 Å². The van der Waals surface area contributed by atoms with Gasteiger partial charge in [0.05, 0.1) is 24.5 Å². The number of nitrogens with zero attached hydrogens (tertiary/aromatic N) is 2. The fourth-order valence-corrected chi connectivity index (χ4v) is 3.12. The van der Waals surface area contributed by atoms with Crippen LogP contribution >= 0.6 is 0 Å². The molecule has 2 heterocycles. The molecule has 1 atom stereocenters. The number of likely N-dealkylation sites (tertiary alicyclic amines) is 1. The molecule has 5 nitrogen and oxygen atoms in total. The highest BCUT2D eigenvalue weighted by Crippen LogP contribution is 2.31. The van der Waals surface area contributed by atoms with E-state index in [9.17, 15) is 5.11 Å². The number of aliphatic hydroxyl groups is 1. The summed E-state index contributed by atoms with van der Waals surface area (Å²) in [6.45, 7) is 6.44. The Morgan fingerprint density at radius 3 is 3.00 bits per heavy atom. The minimum Gasteiger partial charge on any atom is -0.493 e. The Labute approximate surface area is 136 Å². The van der Waals surface area contributed by atoms with Crippen molar-refractivity contribution in [2.75, 3.05) is 19.8 Å². The molecule has 0 unspecified atom stereocenters. The molecule has 124 valence electrons. The normalized spacial score (nSPS) is 18.5. The van der Waals surface area contributed by atoms with Gasteiger partial charge in [0.2, 0.25) is 5.89 Å². The van der Waals surface area contributed by atoms with Crippen molar-refractivity contribution in [2.24, 2.45) is 0 Å². The van der Waals surface area contributed by atoms with Crippen molar-refractivity contribution in [3.8, 4) is 17.2 Å². The zero-order valence-corrected chi connectivity index (χ0v) is 13.8. The SMILES string of the molecule is CCOc1ccccc1-c1nc(CN2CCC[C@H]2CO)c(C)o1. The molecule has 2 aromatic rings. The summed E-state index contributed by atoms with van der Waals surface area (Å²) >= 11 is 0. The zero-order chi connectivity index (χ0) is 16.2. The number of para-hydroxylation sites is 1. The molecule has 0 radical (unpaired) electrons. The van der Waals surface area contributed by atoms with Gasteiger partial charge in [-0.25, -0.2) is 4.98 Å². The largest absolute Gasteiger partial charge is 0.493 e. The molecule has 0 amide bonds. The van der Waals surface area contributed by atoms with E-state index >= 15 is 0 Å². The lowest BCUT2D eigenvalue weighted by molar-refractivity contribution is 0.152. The Morgan fingerprint density at radius 1 is 1.39 bits per heavy atom. The van der Waals surface area contributed by atoms with Gasteiger partial charge in [0.15, 0.2) is 0 Å². The van der Waals surface area contributed by atoms with E-state index in [-0.39, 0.29) is 12.6 Å². The van der Waals surface area contributed by atoms with E-state index in [2.05, 4.69) is 9.88 Å². The van der Waals surface area contributed by atoms with E-state index in [4.69, 9.17) is 9.15 Å². The summed E-state index contributed by atoms with van der Waals surface area (Å²) in [6.07, 6.45) is 2.18. The van der Waals surface area contributed by atoms with Crippen LogP contribution in [0.15, 0.2) is 28.7 Å². The zero-order valence-electron chi connectivity index (χ0n) is 13.8. The molecule has 1 aliphatic heterocycles. The van der Waals surface area contributed by atoms with Crippen molar-refractivity contribution in [3.63, 3.8) is 0 Å². The van der Waals surface area contributed by atoms with Crippen molar-refractivity contribution >= 4 is 0 Å². The van der Waals surface area contributed by atoms with Crippen LogP contribution in [0.5, 0.6) is 5.75 Å². The highest BCUT2D eigenvalue weighted by molar-refractivity contribution is 5.63. The van der Waals surface area contributed by atoms with Crippen LogP contribution in [0.1, 0.15) is 31.2 Å². The predicted octanol–water partition coefficient (Wildman–Crippen LogP) is 3.01. The van der Waals surface area contributed by atoms with Gasteiger partial charge in [0.25, 0.3) is 0 Å². The van der Waals surface area contributed by atoms with Crippen LogP contribution in [0.25, 0.3) is 11.5 Å². The number of rotatable bonds is 6. The first kappa shape index (κ1) is 16.0. The van der Waals surface area contributed by atoms with Crippen LogP contribution in [-0.4, -0.2) is 40.8 Å². The highest BCUT2D eigenvalue weighted by atomic mass is 16.5. The highest BCUT2D eigenvalue weighted by Gasteiger charge is 2.26. The maximum absolute atomic E-state index is 9.46. The van der Waals surface area contributed by atoms with Crippen LogP contribution in [0.4, 0.5) is 0 Å². The molecule has 1 aliphatic rings. The third-order valence-electron chi connectivity index (χ3n) is 4.37. The summed E-state index contributed by atoms with van der Waals surface area (Å²) in [5, 5.41) is 9.46. The quantitative estimate of drug-likeness (QED) is 0.888. The lowest BCUT2D eigenvalue weighted by Gasteiger charge is -2.21. The minimum absolute atomic E-state index is 0.205. The fourth-order valence-electron chi connectivity index (χ4n) is 3.12. The Hall–Kier alpha value is -1.85. The number of benzene rings is 1. The van der Waals surface area contributed by atoms with Crippen LogP contribution in [0.2, 0.25) is 0 Å².